The molecule has 5 nitrogen and oxygen atoms in total. The Morgan fingerprint density at radius 3 is 2.58 bits per heavy atom. The van der Waals surface area contributed by atoms with Crippen LogP contribution in [0.3, 0.4) is 0 Å². The highest BCUT2D eigenvalue weighted by Gasteiger charge is 2.44. The van der Waals surface area contributed by atoms with E-state index in [1.165, 1.54) is 13.2 Å². The van der Waals surface area contributed by atoms with Crippen LogP contribution in [0.25, 0.3) is 0 Å². The summed E-state index contributed by atoms with van der Waals surface area (Å²) < 4.78 is 5.17. The molecule has 24 heavy (non-hydrogen) atoms. The molecule has 3 aliphatic carbocycles. The average molecular weight is 320 g/mol. The molecule has 5 heteroatoms. The molecule has 1 aromatic carbocycles. The molecule has 0 unspecified atom stereocenters. The minimum atomic E-state index is -0.594. The van der Waals surface area contributed by atoms with Crippen LogP contribution in [0.2, 0.25) is 0 Å². The van der Waals surface area contributed by atoms with E-state index >= 15 is 0 Å². The van der Waals surface area contributed by atoms with E-state index in [-0.39, 0.29) is 44.9 Å². The van der Waals surface area contributed by atoms with Crippen LogP contribution in [0.4, 0.5) is 0 Å². The Hall–Kier alpha value is -3.21. The highest BCUT2D eigenvalue weighted by Crippen LogP contribution is 2.41. The van der Waals surface area contributed by atoms with Crippen LogP contribution in [0.5, 0.6) is 5.75 Å². The smallest absolute Gasteiger partial charge is 0.202 e. The maximum absolute atomic E-state index is 12.9. The second-order valence-electron chi connectivity index (χ2n) is 5.64. The number of Topliss-reactive ketones (excluding diaryl/α,β-unsaturated/α-hetero) is 3. The molecular weight excluding hydrogens is 308 g/mol. The van der Waals surface area contributed by atoms with Gasteiger partial charge in [-0.05, 0) is 12.5 Å². The molecular formula is C19H12O5. The topological polar surface area (TPSA) is 80.7 Å². The van der Waals surface area contributed by atoms with Crippen molar-refractivity contribution in [2.75, 3.05) is 7.11 Å². The van der Waals surface area contributed by atoms with Crippen LogP contribution >= 0.6 is 0 Å². The first kappa shape index (κ1) is 14.4. The largest absolute Gasteiger partial charge is 0.506 e. The van der Waals surface area contributed by atoms with Gasteiger partial charge in [0, 0.05) is 16.7 Å². The second kappa shape index (κ2) is 4.89. The third-order valence-electron chi connectivity index (χ3n) is 4.42. The number of aliphatic hydroxyl groups is 1. The van der Waals surface area contributed by atoms with Gasteiger partial charge in [-0.15, -0.1) is 0 Å². The molecule has 0 aromatic heterocycles. The molecule has 0 saturated carbocycles. The molecule has 1 aromatic rings. The molecule has 0 atom stereocenters. The fraction of sp³-hybridized carbons (Fsp3) is 0.105. The molecule has 0 spiro atoms. The van der Waals surface area contributed by atoms with Crippen molar-refractivity contribution >= 4 is 17.3 Å². The Morgan fingerprint density at radius 1 is 1.04 bits per heavy atom. The molecule has 1 N–H and O–H groups in total. The summed E-state index contributed by atoms with van der Waals surface area (Å²) in [5, 5.41) is 10.5. The van der Waals surface area contributed by atoms with Crippen LogP contribution < -0.4 is 4.74 Å². The Labute approximate surface area is 137 Å². The number of carbonyl (C=O) groups is 3. The summed E-state index contributed by atoms with van der Waals surface area (Å²) in [6, 6.07) is 4.65. The fourth-order valence-corrected chi connectivity index (χ4v) is 3.32. The van der Waals surface area contributed by atoms with Crippen molar-refractivity contribution in [2.24, 2.45) is 0 Å². The highest BCUT2D eigenvalue weighted by molar-refractivity contribution is 6.42. The van der Waals surface area contributed by atoms with E-state index in [1.807, 2.05) is 0 Å². The molecule has 0 heterocycles. The van der Waals surface area contributed by atoms with Gasteiger partial charge in [-0.1, -0.05) is 30.4 Å². The van der Waals surface area contributed by atoms with Gasteiger partial charge >= 0.3 is 0 Å². The first-order chi connectivity index (χ1) is 11.6. The zero-order chi connectivity index (χ0) is 17.0. The first-order valence-corrected chi connectivity index (χ1v) is 7.42. The van der Waals surface area contributed by atoms with E-state index in [2.05, 4.69) is 0 Å². The lowest BCUT2D eigenvalue weighted by Crippen LogP contribution is -2.32. The standard InChI is InChI=1S/C19H12O5/c1-24-12-8-4-7-11-13(12)19(23)15-14(18(11)22)16(20)9-5-2-3-6-10(9)17(15)21/h2,4-8,20H,3H2,1H3. The maximum atomic E-state index is 12.9. The monoisotopic (exact) mass is 320 g/mol. The number of aliphatic hydroxyl groups excluding tert-OH is 1. The van der Waals surface area contributed by atoms with Crippen LogP contribution in [0, 0.1) is 0 Å². The van der Waals surface area contributed by atoms with Gasteiger partial charge in [-0.2, -0.15) is 0 Å². The molecule has 118 valence electrons. The summed E-state index contributed by atoms with van der Waals surface area (Å²) in [4.78, 5) is 38.5. The Kier molecular flexibility index (Phi) is 2.93. The van der Waals surface area contributed by atoms with Crippen molar-refractivity contribution < 1.29 is 24.2 Å². The highest BCUT2D eigenvalue weighted by atomic mass is 16.5. The molecule has 3 aliphatic rings. The van der Waals surface area contributed by atoms with Crippen molar-refractivity contribution in [3.8, 4) is 5.75 Å². The number of rotatable bonds is 1. The number of hydrogen-bond donors (Lipinski definition) is 1. The van der Waals surface area contributed by atoms with Gasteiger partial charge < -0.3 is 9.84 Å². The SMILES string of the molecule is COc1cccc2c1C(=O)C1=C(C2=O)C(O)=C2C=CCC=C2C1=O. The average Bonchev–Trinajstić information content (AvgIpc) is 2.62. The Balaban J connectivity index is 2.04. The molecule has 0 bridgehead atoms. The van der Waals surface area contributed by atoms with E-state index in [4.69, 9.17) is 4.74 Å². The molecule has 0 aliphatic heterocycles. The van der Waals surface area contributed by atoms with Crippen LogP contribution in [0.1, 0.15) is 27.1 Å². The number of hydrogen-bond acceptors (Lipinski definition) is 5. The van der Waals surface area contributed by atoms with Crippen LogP contribution in [-0.4, -0.2) is 29.6 Å². The number of ketones is 3. The zero-order valence-corrected chi connectivity index (χ0v) is 12.8. The fourth-order valence-electron chi connectivity index (χ4n) is 3.32. The Morgan fingerprint density at radius 2 is 1.83 bits per heavy atom. The normalized spacial score (nSPS) is 19.0. The lowest BCUT2D eigenvalue weighted by atomic mass is 9.74. The van der Waals surface area contributed by atoms with E-state index in [0.717, 1.165) is 0 Å². The third kappa shape index (κ3) is 1.66. The first-order valence-electron chi connectivity index (χ1n) is 7.42. The van der Waals surface area contributed by atoms with Gasteiger partial charge in [0.2, 0.25) is 5.78 Å². The lowest BCUT2D eigenvalue weighted by Gasteiger charge is -2.27. The predicted octanol–water partition coefficient (Wildman–Crippen LogP) is 2.65. The molecule has 0 fully saturated rings. The van der Waals surface area contributed by atoms with Gasteiger partial charge in [0.25, 0.3) is 0 Å². The summed E-state index contributed by atoms with van der Waals surface area (Å²) >= 11 is 0. The van der Waals surface area contributed by atoms with Gasteiger partial charge in [0.05, 0.1) is 23.8 Å². The maximum Gasteiger partial charge on any atom is 0.202 e. The quantitative estimate of drug-likeness (QED) is 0.805. The van der Waals surface area contributed by atoms with Crippen molar-refractivity contribution in [2.45, 2.75) is 6.42 Å². The van der Waals surface area contributed by atoms with Gasteiger partial charge in [0.1, 0.15) is 11.5 Å². The molecule has 0 amide bonds. The second-order valence-corrected chi connectivity index (χ2v) is 5.64. The van der Waals surface area contributed by atoms with Crippen LogP contribution in [-0.2, 0) is 4.79 Å². The van der Waals surface area contributed by atoms with Crippen molar-refractivity contribution in [1.29, 1.82) is 0 Å². The van der Waals surface area contributed by atoms with Gasteiger partial charge in [-0.25, -0.2) is 0 Å². The number of carbonyl (C=O) groups excluding carboxylic acids is 3. The van der Waals surface area contributed by atoms with Crippen molar-refractivity contribution in [3.63, 3.8) is 0 Å². The number of allylic oxidation sites excluding steroid dienone is 7. The van der Waals surface area contributed by atoms with E-state index < -0.39 is 17.3 Å². The van der Waals surface area contributed by atoms with E-state index in [1.54, 1.807) is 30.4 Å². The summed E-state index contributed by atoms with van der Waals surface area (Å²) in [6.07, 6.45) is 5.56. The van der Waals surface area contributed by atoms with Crippen LogP contribution in [0.15, 0.2) is 64.5 Å². The number of ether oxygens (including phenoxy) is 1. The lowest BCUT2D eigenvalue weighted by molar-refractivity contribution is -0.111. The minimum Gasteiger partial charge on any atom is -0.506 e. The number of fused-ring (bicyclic) bond motifs is 2. The zero-order valence-electron chi connectivity index (χ0n) is 12.8. The number of benzene rings is 1. The van der Waals surface area contributed by atoms with E-state index in [0.29, 0.717) is 6.42 Å². The summed E-state index contributed by atoms with van der Waals surface area (Å²) in [7, 11) is 1.39. The molecule has 0 radical (unpaired) electrons. The van der Waals surface area contributed by atoms with Gasteiger partial charge in [0.15, 0.2) is 11.6 Å². The predicted molar refractivity (Wildman–Crippen MR) is 85.2 cm³/mol. The summed E-state index contributed by atoms with van der Waals surface area (Å²) in [5.74, 6) is -1.76. The third-order valence-corrected chi connectivity index (χ3v) is 4.42. The number of methoxy groups -OCH3 is 1. The van der Waals surface area contributed by atoms with E-state index in [9.17, 15) is 19.5 Å². The summed E-state index contributed by atoms with van der Waals surface area (Å²) in [6.45, 7) is 0. The van der Waals surface area contributed by atoms with Crippen molar-refractivity contribution in [3.05, 3.63) is 75.6 Å². The molecule has 0 saturated heterocycles. The van der Waals surface area contributed by atoms with Crippen molar-refractivity contribution in [1.82, 2.24) is 0 Å². The van der Waals surface area contributed by atoms with Gasteiger partial charge in [-0.3, -0.25) is 14.4 Å². The summed E-state index contributed by atoms with van der Waals surface area (Å²) in [5.41, 5.74) is 0.251. The minimum absolute atomic E-state index is 0.0697. The molecule has 4 rings (SSSR count). The Bertz CT molecular complexity index is 969.